The van der Waals surface area contributed by atoms with Crippen molar-refractivity contribution in [1.29, 1.82) is 0 Å². The lowest BCUT2D eigenvalue weighted by Gasteiger charge is -2.61. The first-order valence-corrected chi connectivity index (χ1v) is 8.59. The summed E-state index contributed by atoms with van der Waals surface area (Å²) < 4.78 is 1.75. The van der Waals surface area contributed by atoms with Crippen molar-refractivity contribution in [2.75, 3.05) is 0 Å². The molecule has 124 valence electrons. The molecule has 0 spiro atoms. The van der Waals surface area contributed by atoms with E-state index in [1.54, 1.807) is 10.7 Å². The number of hydrogen-bond donors (Lipinski definition) is 2. The van der Waals surface area contributed by atoms with Gasteiger partial charge in [-0.25, -0.2) is 0 Å². The molecule has 0 aromatic carbocycles. The number of primary amides is 1. The van der Waals surface area contributed by atoms with Crippen LogP contribution in [0.4, 0.5) is 0 Å². The molecule has 6 nitrogen and oxygen atoms in total. The molecule has 6 heteroatoms. The number of hydrogen-bond acceptors (Lipinski definition) is 3. The van der Waals surface area contributed by atoms with Crippen LogP contribution in [0.5, 0.6) is 0 Å². The minimum atomic E-state index is -0.403. The van der Waals surface area contributed by atoms with Crippen LogP contribution in [-0.4, -0.2) is 27.1 Å². The maximum Gasteiger partial charge on any atom is 0.272 e. The molecule has 4 bridgehead atoms. The smallest absolute Gasteiger partial charge is 0.272 e. The number of carbonyl (C=O) groups is 2. The molecular weight excluding hydrogens is 292 g/mol. The summed E-state index contributed by atoms with van der Waals surface area (Å²) in [6.45, 7) is 2.73. The van der Waals surface area contributed by atoms with Crippen molar-refractivity contribution >= 4 is 11.8 Å². The Balaban J connectivity index is 1.58. The molecule has 4 aliphatic rings. The van der Waals surface area contributed by atoms with Crippen LogP contribution in [0.2, 0.25) is 0 Å². The fourth-order valence-corrected chi connectivity index (χ4v) is 5.66. The molecule has 1 aromatic heterocycles. The number of aryl methyl sites for hydroxylation is 1. The molecule has 3 N–H and O–H groups in total. The molecule has 4 saturated carbocycles. The van der Waals surface area contributed by atoms with E-state index in [0.717, 1.165) is 32.2 Å². The maximum atomic E-state index is 12.6. The van der Waals surface area contributed by atoms with Gasteiger partial charge in [0.25, 0.3) is 5.91 Å². The highest BCUT2D eigenvalue weighted by molar-refractivity contribution is 5.93. The van der Waals surface area contributed by atoms with E-state index in [4.69, 9.17) is 5.73 Å². The van der Waals surface area contributed by atoms with Crippen LogP contribution in [-0.2, 0) is 11.3 Å². The van der Waals surface area contributed by atoms with E-state index in [0.29, 0.717) is 24.0 Å². The lowest BCUT2D eigenvalue weighted by molar-refractivity contribution is -0.146. The maximum absolute atomic E-state index is 12.6. The fourth-order valence-electron chi connectivity index (χ4n) is 5.66. The summed E-state index contributed by atoms with van der Waals surface area (Å²) in [4.78, 5) is 24.7. The Morgan fingerprint density at radius 1 is 1.35 bits per heavy atom. The van der Waals surface area contributed by atoms with Crippen LogP contribution < -0.4 is 11.1 Å². The Morgan fingerprint density at radius 3 is 2.61 bits per heavy atom. The first-order chi connectivity index (χ1) is 10.9. The van der Waals surface area contributed by atoms with Gasteiger partial charge in [-0.3, -0.25) is 14.3 Å². The van der Waals surface area contributed by atoms with Gasteiger partial charge < -0.3 is 11.1 Å². The van der Waals surface area contributed by atoms with Gasteiger partial charge in [0.2, 0.25) is 5.91 Å². The van der Waals surface area contributed by atoms with Gasteiger partial charge in [-0.1, -0.05) is 0 Å². The standard InChI is InChI=1S/C17H24N4O2/c1-2-21-4-3-13(20-21)14(22)19-17-8-11-5-12(9-17)7-16(6-11,10-17)15(18)23/h3-4,11-12H,2,5-10H2,1H3,(H2,18,23)(H,19,22). The highest BCUT2D eigenvalue weighted by atomic mass is 16.2. The van der Waals surface area contributed by atoms with Crippen molar-refractivity contribution in [2.24, 2.45) is 23.0 Å². The van der Waals surface area contributed by atoms with E-state index < -0.39 is 5.41 Å². The first-order valence-electron chi connectivity index (χ1n) is 8.59. The molecule has 2 atom stereocenters. The minimum absolute atomic E-state index is 0.126. The number of rotatable bonds is 4. The van der Waals surface area contributed by atoms with E-state index in [-0.39, 0.29) is 17.4 Å². The largest absolute Gasteiger partial charge is 0.369 e. The predicted molar refractivity (Wildman–Crippen MR) is 84.4 cm³/mol. The normalized spacial score (nSPS) is 37.8. The van der Waals surface area contributed by atoms with Crippen LogP contribution in [0.15, 0.2) is 12.3 Å². The lowest BCUT2D eigenvalue weighted by Crippen LogP contribution is -2.65. The molecular formula is C17H24N4O2. The van der Waals surface area contributed by atoms with Crippen LogP contribution >= 0.6 is 0 Å². The van der Waals surface area contributed by atoms with E-state index >= 15 is 0 Å². The zero-order valence-corrected chi connectivity index (χ0v) is 13.5. The van der Waals surface area contributed by atoms with Gasteiger partial charge in [-0.15, -0.1) is 0 Å². The van der Waals surface area contributed by atoms with Gasteiger partial charge in [0, 0.05) is 18.3 Å². The summed E-state index contributed by atoms with van der Waals surface area (Å²) >= 11 is 0. The van der Waals surface area contributed by atoms with E-state index in [9.17, 15) is 9.59 Å². The average Bonchev–Trinajstić information content (AvgIpc) is 2.94. The fraction of sp³-hybridized carbons (Fsp3) is 0.706. The highest BCUT2D eigenvalue weighted by Crippen LogP contribution is 2.61. The summed E-state index contributed by atoms with van der Waals surface area (Å²) in [5.74, 6) is 0.716. The molecule has 4 fully saturated rings. The average molecular weight is 316 g/mol. The van der Waals surface area contributed by atoms with Gasteiger partial charge in [0.1, 0.15) is 5.69 Å². The van der Waals surface area contributed by atoms with Crippen molar-refractivity contribution in [1.82, 2.24) is 15.1 Å². The second-order valence-corrected chi connectivity index (χ2v) is 7.90. The zero-order chi connectivity index (χ0) is 16.2. The topological polar surface area (TPSA) is 90.0 Å². The van der Waals surface area contributed by atoms with Crippen molar-refractivity contribution in [3.05, 3.63) is 18.0 Å². The summed E-state index contributed by atoms with van der Waals surface area (Å²) in [6, 6.07) is 1.75. The minimum Gasteiger partial charge on any atom is -0.369 e. The van der Waals surface area contributed by atoms with Gasteiger partial charge in [0.05, 0.1) is 5.41 Å². The van der Waals surface area contributed by atoms with Crippen LogP contribution in [0.25, 0.3) is 0 Å². The second-order valence-electron chi connectivity index (χ2n) is 7.90. The van der Waals surface area contributed by atoms with Crippen molar-refractivity contribution in [3.8, 4) is 0 Å². The zero-order valence-electron chi connectivity index (χ0n) is 13.5. The number of nitrogens with zero attached hydrogens (tertiary/aromatic N) is 2. The molecule has 2 unspecified atom stereocenters. The number of amides is 2. The third-order valence-electron chi connectivity index (χ3n) is 6.16. The van der Waals surface area contributed by atoms with Crippen molar-refractivity contribution in [2.45, 2.75) is 57.5 Å². The van der Waals surface area contributed by atoms with Crippen LogP contribution in [0.3, 0.4) is 0 Å². The van der Waals surface area contributed by atoms with Crippen LogP contribution in [0.1, 0.15) is 55.9 Å². The summed E-state index contributed by atoms with van der Waals surface area (Å²) in [5.41, 5.74) is 5.53. The number of nitrogens with one attached hydrogen (secondary N) is 1. The first kappa shape index (κ1) is 14.7. The Morgan fingerprint density at radius 2 is 2.04 bits per heavy atom. The van der Waals surface area contributed by atoms with Gasteiger partial charge in [0.15, 0.2) is 0 Å². The lowest BCUT2D eigenvalue weighted by atomic mass is 9.46. The van der Waals surface area contributed by atoms with E-state index in [1.165, 1.54) is 6.42 Å². The number of aromatic nitrogens is 2. The van der Waals surface area contributed by atoms with E-state index in [2.05, 4.69) is 10.4 Å². The van der Waals surface area contributed by atoms with Crippen molar-refractivity contribution < 1.29 is 9.59 Å². The molecule has 1 aromatic rings. The van der Waals surface area contributed by atoms with Crippen LogP contribution in [0, 0.1) is 17.3 Å². The third kappa shape index (κ3) is 2.26. The molecule has 0 radical (unpaired) electrons. The molecule has 0 saturated heterocycles. The monoisotopic (exact) mass is 316 g/mol. The molecule has 4 aliphatic carbocycles. The third-order valence-corrected chi connectivity index (χ3v) is 6.16. The molecule has 5 rings (SSSR count). The summed E-state index contributed by atoms with van der Waals surface area (Å²) in [5, 5.41) is 7.53. The SMILES string of the molecule is CCn1ccc(C(=O)NC23CC4CC(C2)CC(C(N)=O)(C4)C3)n1. The van der Waals surface area contributed by atoms with Crippen molar-refractivity contribution in [3.63, 3.8) is 0 Å². The predicted octanol–water partition coefficient (Wildman–Crippen LogP) is 1.46. The number of carbonyl (C=O) groups excluding carboxylic acids is 2. The summed E-state index contributed by atoms with van der Waals surface area (Å²) in [7, 11) is 0. The molecule has 2 amide bonds. The Bertz CT molecular complexity index is 651. The quantitative estimate of drug-likeness (QED) is 0.881. The molecule has 23 heavy (non-hydrogen) atoms. The Labute approximate surface area is 135 Å². The Kier molecular flexibility index (Phi) is 3.09. The Hall–Kier alpha value is -1.85. The van der Waals surface area contributed by atoms with Gasteiger partial charge in [-0.05, 0) is 63.4 Å². The molecule has 0 aliphatic heterocycles. The van der Waals surface area contributed by atoms with Gasteiger partial charge in [-0.2, -0.15) is 5.10 Å². The highest BCUT2D eigenvalue weighted by Gasteiger charge is 2.60. The van der Waals surface area contributed by atoms with Gasteiger partial charge >= 0.3 is 0 Å². The summed E-state index contributed by atoms with van der Waals surface area (Å²) in [6.07, 6.45) is 7.44. The second kappa shape index (κ2) is 4.82. The molecule has 1 heterocycles. The van der Waals surface area contributed by atoms with E-state index in [1.807, 2.05) is 13.1 Å². The number of nitrogens with two attached hydrogens (primary N) is 1.